The van der Waals surface area contributed by atoms with Crippen LogP contribution in [0.15, 0.2) is 30.3 Å². The van der Waals surface area contributed by atoms with E-state index in [4.69, 9.17) is 5.73 Å². The van der Waals surface area contributed by atoms with Gasteiger partial charge in [0.15, 0.2) is 17.7 Å². The number of benzene rings is 2. The second-order valence-electron chi connectivity index (χ2n) is 7.80. The average molecular weight is 510 g/mol. The van der Waals surface area contributed by atoms with Crippen molar-refractivity contribution in [3.05, 3.63) is 70.4 Å². The average Bonchev–Trinajstić information content (AvgIpc) is 3.10. The van der Waals surface area contributed by atoms with Crippen molar-refractivity contribution in [3.63, 3.8) is 0 Å². The fourth-order valence-electron chi connectivity index (χ4n) is 3.55. The second kappa shape index (κ2) is 8.78. The molecule has 0 radical (unpaired) electrons. The number of nitrogens with two attached hydrogens (primary N) is 1. The highest BCUT2D eigenvalue weighted by molar-refractivity contribution is 5.95. The van der Waals surface area contributed by atoms with Gasteiger partial charge in [0.05, 0.1) is 16.9 Å². The normalized spacial score (nSPS) is 12.7. The van der Waals surface area contributed by atoms with Crippen LogP contribution in [0.5, 0.6) is 0 Å². The number of amides is 1. The van der Waals surface area contributed by atoms with E-state index >= 15 is 0 Å². The first-order chi connectivity index (χ1) is 16.8. The molecular weight excluding hydrogens is 494 g/mol. The Morgan fingerprint density at radius 2 is 1.75 bits per heavy atom. The molecule has 0 aliphatic rings. The van der Waals surface area contributed by atoms with Crippen LogP contribution >= 0.6 is 0 Å². The van der Waals surface area contributed by atoms with Crippen molar-refractivity contribution in [2.24, 2.45) is 0 Å². The molecule has 36 heavy (non-hydrogen) atoms. The van der Waals surface area contributed by atoms with E-state index in [1.165, 1.54) is 0 Å². The number of alkyl halides is 3. The predicted octanol–water partition coefficient (Wildman–Crippen LogP) is 4.12. The van der Waals surface area contributed by atoms with Gasteiger partial charge in [0.25, 0.3) is 5.91 Å². The summed E-state index contributed by atoms with van der Waals surface area (Å²) in [6.45, 7) is 3.16. The summed E-state index contributed by atoms with van der Waals surface area (Å²) < 4.78 is 83.2. The van der Waals surface area contributed by atoms with Crippen LogP contribution in [0.1, 0.15) is 28.7 Å². The van der Waals surface area contributed by atoms with Gasteiger partial charge in [0, 0.05) is 12.1 Å². The van der Waals surface area contributed by atoms with Gasteiger partial charge in [0.2, 0.25) is 0 Å². The Balaban J connectivity index is 1.67. The molecule has 0 saturated heterocycles. The summed E-state index contributed by atoms with van der Waals surface area (Å²) in [4.78, 5) is 20.5. The molecule has 0 fully saturated rings. The van der Waals surface area contributed by atoms with Crippen LogP contribution in [0, 0.1) is 31.3 Å². The van der Waals surface area contributed by atoms with Gasteiger partial charge in [-0.1, -0.05) is 0 Å². The molecule has 4 aromatic rings. The summed E-state index contributed by atoms with van der Waals surface area (Å²) in [7, 11) is 0. The van der Waals surface area contributed by atoms with E-state index in [0.717, 1.165) is 4.68 Å². The van der Waals surface area contributed by atoms with Crippen LogP contribution < -0.4 is 11.1 Å². The van der Waals surface area contributed by atoms with E-state index in [0.29, 0.717) is 41.3 Å². The van der Waals surface area contributed by atoms with E-state index in [9.17, 15) is 36.2 Å². The maximum Gasteiger partial charge on any atom is 0.416 e. The summed E-state index contributed by atoms with van der Waals surface area (Å²) in [6, 6.07) is 2.33. The SMILES string of the molecule is Cc1nc(N)c2c(n1)c(C)nn2-c1cc(F)c(NC(=O)[C@H](O)c2cc(F)cc(C(F)(F)F)c2)cc1F. The number of fused-ring (bicyclic) bond motifs is 1. The summed E-state index contributed by atoms with van der Waals surface area (Å²) in [5, 5.41) is 16.1. The predicted molar refractivity (Wildman–Crippen MR) is 115 cm³/mol. The minimum atomic E-state index is -4.94. The number of aromatic nitrogens is 4. The topological polar surface area (TPSA) is 119 Å². The molecule has 1 atom stereocenters. The number of halogens is 6. The van der Waals surface area contributed by atoms with Gasteiger partial charge < -0.3 is 16.2 Å². The van der Waals surface area contributed by atoms with Gasteiger partial charge in [-0.15, -0.1) is 0 Å². The van der Waals surface area contributed by atoms with E-state index in [-0.39, 0.29) is 17.4 Å². The lowest BCUT2D eigenvalue weighted by Gasteiger charge is -2.15. The highest BCUT2D eigenvalue weighted by Crippen LogP contribution is 2.33. The van der Waals surface area contributed by atoms with Crippen molar-refractivity contribution >= 4 is 28.4 Å². The first-order valence-electron chi connectivity index (χ1n) is 10.1. The minimum Gasteiger partial charge on any atom is -0.382 e. The molecule has 2 aromatic heterocycles. The maximum absolute atomic E-state index is 15.0. The monoisotopic (exact) mass is 510 g/mol. The number of carbonyl (C=O) groups excluding carboxylic acids is 1. The number of nitrogens with one attached hydrogen (secondary N) is 1. The standard InChI is InChI=1S/C22H16F6N6O2/c1-8-17-18(20(29)31-9(2)30-17)34(33-8)16-7-13(24)15(6-14(16)25)32-21(36)19(35)10-3-11(22(26,27)28)5-12(23)4-10/h3-7,19,35H,1-2H3,(H,32,36)(H2,29,30,31)/t19-/m1/s1. The van der Waals surface area contributed by atoms with Crippen molar-refractivity contribution in [1.82, 2.24) is 19.7 Å². The zero-order chi connectivity index (χ0) is 26.5. The number of carbonyl (C=O) groups is 1. The van der Waals surface area contributed by atoms with E-state index < -0.39 is 58.1 Å². The molecule has 188 valence electrons. The zero-order valence-corrected chi connectivity index (χ0v) is 18.5. The lowest BCUT2D eigenvalue weighted by molar-refractivity contribution is -0.138. The molecule has 0 aliphatic carbocycles. The van der Waals surface area contributed by atoms with Gasteiger partial charge in [-0.25, -0.2) is 27.8 Å². The molecule has 0 unspecified atom stereocenters. The van der Waals surface area contributed by atoms with E-state index in [1.54, 1.807) is 13.8 Å². The third-order valence-electron chi connectivity index (χ3n) is 5.16. The van der Waals surface area contributed by atoms with Crippen molar-refractivity contribution < 1.29 is 36.2 Å². The Bertz CT molecular complexity index is 1520. The van der Waals surface area contributed by atoms with Gasteiger partial charge in [-0.05, 0) is 37.6 Å². The van der Waals surface area contributed by atoms with Crippen molar-refractivity contribution in [3.8, 4) is 5.69 Å². The Kier molecular flexibility index (Phi) is 6.08. The number of aliphatic hydroxyl groups excluding tert-OH is 1. The summed E-state index contributed by atoms with van der Waals surface area (Å²) in [5.41, 5.74) is 3.40. The molecule has 2 aromatic carbocycles. The summed E-state index contributed by atoms with van der Waals surface area (Å²) in [6.07, 6.45) is -7.26. The summed E-state index contributed by atoms with van der Waals surface area (Å²) >= 11 is 0. The smallest absolute Gasteiger partial charge is 0.382 e. The number of aryl methyl sites for hydroxylation is 2. The number of anilines is 2. The quantitative estimate of drug-likeness (QED) is 0.356. The Labute approximate surface area is 198 Å². The molecule has 4 N–H and O–H groups in total. The number of nitrogens with zero attached hydrogens (tertiary/aromatic N) is 4. The van der Waals surface area contributed by atoms with Crippen LogP contribution in [-0.4, -0.2) is 30.8 Å². The molecule has 4 rings (SSSR count). The van der Waals surface area contributed by atoms with Gasteiger partial charge in [-0.2, -0.15) is 18.3 Å². The van der Waals surface area contributed by atoms with Crippen molar-refractivity contribution in [1.29, 1.82) is 0 Å². The third-order valence-corrected chi connectivity index (χ3v) is 5.16. The number of rotatable bonds is 4. The Morgan fingerprint density at radius 3 is 2.42 bits per heavy atom. The zero-order valence-electron chi connectivity index (χ0n) is 18.5. The van der Waals surface area contributed by atoms with Crippen LogP contribution in [0.25, 0.3) is 16.7 Å². The Morgan fingerprint density at radius 1 is 1.06 bits per heavy atom. The summed E-state index contributed by atoms with van der Waals surface area (Å²) in [5.74, 6) is -4.72. The van der Waals surface area contributed by atoms with Gasteiger partial charge in [-0.3, -0.25) is 4.79 Å². The highest BCUT2D eigenvalue weighted by atomic mass is 19.4. The molecule has 0 bridgehead atoms. The number of aliphatic hydroxyl groups is 1. The van der Waals surface area contributed by atoms with Gasteiger partial charge >= 0.3 is 6.18 Å². The molecule has 0 aliphatic heterocycles. The van der Waals surface area contributed by atoms with Gasteiger partial charge in [0.1, 0.15) is 34.2 Å². The second-order valence-corrected chi connectivity index (χ2v) is 7.80. The largest absolute Gasteiger partial charge is 0.416 e. The molecule has 0 spiro atoms. The maximum atomic E-state index is 15.0. The fourth-order valence-corrected chi connectivity index (χ4v) is 3.55. The molecule has 2 heterocycles. The van der Waals surface area contributed by atoms with E-state index in [1.807, 2.05) is 5.32 Å². The molecule has 8 nitrogen and oxygen atoms in total. The van der Waals surface area contributed by atoms with Crippen molar-refractivity contribution in [2.45, 2.75) is 26.1 Å². The molecule has 1 amide bonds. The highest BCUT2D eigenvalue weighted by Gasteiger charge is 2.33. The first kappa shape index (κ1) is 24.9. The Hall–Kier alpha value is -4.20. The van der Waals surface area contributed by atoms with E-state index in [2.05, 4.69) is 15.1 Å². The number of hydrogen-bond acceptors (Lipinski definition) is 6. The van der Waals surface area contributed by atoms with Crippen LogP contribution in [0.4, 0.5) is 37.8 Å². The third kappa shape index (κ3) is 4.54. The van der Waals surface area contributed by atoms with Crippen LogP contribution in [-0.2, 0) is 11.0 Å². The molecule has 14 heteroatoms. The molecule has 0 saturated carbocycles. The van der Waals surface area contributed by atoms with Crippen LogP contribution in [0.2, 0.25) is 0 Å². The lowest BCUT2D eigenvalue weighted by Crippen LogP contribution is -2.22. The fraction of sp³-hybridized carbons (Fsp3) is 0.182. The lowest BCUT2D eigenvalue weighted by atomic mass is 10.0. The number of nitrogen functional groups attached to an aromatic ring is 1. The molecular formula is C22H16F6N6O2. The van der Waals surface area contributed by atoms with Crippen LogP contribution in [0.3, 0.4) is 0 Å². The van der Waals surface area contributed by atoms with Crippen molar-refractivity contribution in [2.75, 3.05) is 11.1 Å². The number of hydrogen-bond donors (Lipinski definition) is 3. The minimum absolute atomic E-state index is 0.0354. The first-order valence-corrected chi connectivity index (χ1v) is 10.1.